The number of pyridine rings is 1. The molecule has 1 heterocycles. The number of rotatable bonds is 6. The standard InChI is InChI=1S/C16H15F3N2O4S/c1-25-15(22)12-5-6-14(20-8-12)10-21(26(23)24)9-11-3-2-4-13(7-11)16(17,18)19/h2-8,26H,9-10H2,1H3. The summed E-state index contributed by atoms with van der Waals surface area (Å²) in [6, 6.07) is 7.32. The van der Waals surface area contributed by atoms with Crippen LogP contribution in [0.2, 0.25) is 0 Å². The zero-order valence-corrected chi connectivity index (χ0v) is 14.5. The predicted molar refractivity (Wildman–Crippen MR) is 86.6 cm³/mol. The van der Waals surface area contributed by atoms with Crippen LogP contribution in [0, 0.1) is 0 Å². The number of hydrogen-bond acceptors (Lipinski definition) is 5. The summed E-state index contributed by atoms with van der Waals surface area (Å²) < 4.78 is 66.7. The number of hydrogen-bond donors (Lipinski definition) is 1. The van der Waals surface area contributed by atoms with Crippen molar-refractivity contribution in [2.45, 2.75) is 19.3 Å². The summed E-state index contributed by atoms with van der Waals surface area (Å²) in [4.78, 5) is 15.3. The van der Waals surface area contributed by atoms with Gasteiger partial charge >= 0.3 is 12.1 Å². The fourth-order valence-electron chi connectivity index (χ4n) is 2.17. The third kappa shape index (κ3) is 5.27. The van der Waals surface area contributed by atoms with Crippen LogP contribution in [0.1, 0.15) is 27.2 Å². The first-order chi connectivity index (χ1) is 12.2. The molecule has 0 amide bonds. The number of carbonyl (C=O) groups excluding carboxylic acids is 1. The molecule has 0 radical (unpaired) electrons. The molecular formula is C16H15F3N2O4S. The van der Waals surface area contributed by atoms with Crippen molar-refractivity contribution in [2.75, 3.05) is 7.11 Å². The molecule has 0 aliphatic rings. The lowest BCUT2D eigenvalue weighted by atomic mass is 10.1. The highest BCUT2D eigenvalue weighted by molar-refractivity contribution is 7.69. The zero-order valence-electron chi connectivity index (χ0n) is 13.6. The lowest BCUT2D eigenvalue weighted by Crippen LogP contribution is -2.22. The number of nitrogens with zero attached hydrogens (tertiary/aromatic N) is 2. The van der Waals surface area contributed by atoms with Crippen molar-refractivity contribution in [3.63, 3.8) is 0 Å². The smallest absolute Gasteiger partial charge is 0.416 e. The topological polar surface area (TPSA) is 76.6 Å². The number of carbonyl (C=O) groups is 1. The van der Waals surface area contributed by atoms with E-state index in [4.69, 9.17) is 0 Å². The maximum atomic E-state index is 12.8. The summed E-state index contributed by atoms with van der Waals surface area (Å²) in [5.74, 6) is -0.584. The number of halogens is 3. The fourth-order valence-corrected chi connectivity index (χ4v) is 2.71. The monoisotopic (exact) mass is 388 g/mol. The summed E-state index contributed by atoms with van der Waals surface area (Å²) in [5, 5.41) is 0. The highest BCUT2D eigenvalue weighted by atomic mass is 32.2. The SMILES string of the molecule is COC(=O)c1ccc(CN(Cc2cccc(C(F)(F)F)c2)[SH](=O)=O)nc1. The van der Waals surface area contributed by atoms with Crippen LogP contribution in [0.4, 0.5) is 13.2 Å². The Morgan fingerprint density at radius 2 is 1.92 bits per heavy atom. The van der Waals surface area contributed by atoms with E-state index in [1.807, 2.05) is 0 Å². The molecule has 0 bridgehead atoms. The Labute approximate surface area is 149 Å². The van der Waals surface area contributed by atoms with Crippen LogP contribution in [-0.4, -0.2) is 30.8 Å². The molecule has 0 unspecified atom stereocenters. The van der Waals surface area contributed by atoms with Gasteiger partial charge in [0, 0.05) is 12.7 Å². The Balaban J connectivity index is 2.16. The van der Waals surface area contributed by atoms with Crippen molar-refractivity contribution in [1.29, 1.82) is 0 Å². The Hall–Kier alpha value is -2.46. The van der Waals surface area contributed by atoms with Gasteiger partial charge in [-0.3, -0.25) is 4.98 Å². The van der Waals surface area contributed by atoms with Gasteiger partial charge in [-0.1, -0.05) is 18.2 Å². The van der Waals surface area contributed by atoms with Crippen molar-refractivity contribution in [1.82, 2.24) is 9.29 Å². The van der Waals surface area contributed by atoms with E-state index in [-0.39, 0.29) is 24.2 Å². The van der Waals surface area contributed by atoms with E-state index in [9.17, 15) is 26.4 Å². The molecule has 6 nitrogen and oxygen atoms in total. The lowest BCUT2D eigenvalue weighted by molar-refractivity contribution is -0.137. The van der Waals surface area contributed by atoms with Gasteiger partial charge in [0.25, 0.3) is 0 Å². The van der Waals surface area contributed by atoms with Crippen LogP contribution in [0.15, 0.2) is 42.6 Å². The molecule has 0 N–H and O–H groups in total. The predicted octanol–water partition coefficient (Wildman–Crippen LogP) is 2.42. The minimum Gasteiger partial charge on any atom is -0.465 e. The highest BCUT2D eigenvalue weighted by Gasteiger charge is 2.30. The van der Waals surface area contributed by atoms with E-state index in [1.165, 1.54) is 37.6 Å². The maximum Gasteiger partial charge on any atom is 0.416 e. The molecule has 0 aliphatic carbocycles. The zero-order chi connectivity index (χ0) is 19.3. The maximum absolute atomic E-state index is 12.8. The van der Waals surface area contributed by atoms with Crippen molar-refractivity contribution in [2.24, 2.45) is 0 Å². The van der Waals surface area contributed by atoms with E-state index in [2.05, 4.69) is 9.72 Å². The molecule has 0 fully saturated rings. The molecule has 0 saturated heterocycles. The molecule has 0 saturated carbocycles. The number of alkyl halides is 3. The van der Waals surface area contributed by atoms with Crippen molar-refractivity contribution >= 4 is 16.9 Å². The number of esters is 1. The van der Waals surface area contributed by atoms with Crippen LogP contribution >= 0.6 is 0 Å². The second kappa shape index (κ2) is 8.28. The van der Waals surface area contributed by atoms with Gasteiger partial charge in [0.1, 0.15) is 0 Å². The van der Waals surface area contributed by atoms with Crippen LogP contribution in [-0.2, 0) is 34.9 Å². The summed E-state index contributed by atoms with van der Waals surface area (Å²) in [7, 11) is -1.83. The van der Waals surface area contributed by atoms with E-state index < -0.39 is 28.6 Å². The van der Waals surface area contributed by atoms with Gasteiger partial charge in [0.15, 0.2) is 0 Å². The Morgan fingerprint density at radius 3 is 2.46 bits per heavy atom. The molecule has 0 spiro atoms. The first-order valence-corrected chi connectivity index (χ1v) is 8.42. The summed E-state index contributed by atoms with van der Waals surface area (Å²) in [6.45, 7) is -0.376. The normalized spacial score (nSPS) is 11.8. The second-order valence-corrected chi connectivity index (χ2v) is 6.33. The van der Waals surface area contributed by atoms with Gasteiger partial charge in [-0.2, -0.15) is 17.5 Å². The Morgan fingerprint density at radius 1 is 1.19 bits per heavy atom. The van der Waals surface area contributed by atoms with Crippen molar-refractivity contribution in [3.05, 3.63) is 65.0 Å². The molecular weight excluding hydrogens is 373 g/mol. The average molecular weight is 388 g/mol. The molecule has 2 aromatic rings. The molecule has 0 aliphatic heterocycles. The Bertz CT molecular complexity index is 843. The summed E-state index contributed by atoms with van der Waals surface area (Å²) >= 11 is 0. The Kier molecular flexibility index (Phi) is 6.32. The highest BCUT2D eigenvalue weighted by Crippen LogP contribution is 2.29. The van der Waals surface area contributed by atoms with E-state index in [0.29, 0.717) is 5.69 Å². The van der Waals surface area contributed by atoms with Crippen LogP contribution in [0.3, 0.4) is 0 Å². The summed E-state index contributed by atoms with van der Waals surface area (Å²) in [6.07, 6.45) is -3.27. The molecule has 1 aromatic heterocycles. The van der Waals surface area contributed by atoms with E-state index in [0.717, 1.165) is 16.4 Å². The third-order valence-electron chi connectivity index (χ3n) is 3.44. The van der Waals surface area contributed by atoms with Gasteiger partial charge in [-0.25, -0.2) is 13.2 Å². The number of benzene rings is 1. The third-order valence-corrected chi connectivity index (χ3v) is 4.19. The number of aromatic nitrogens is 1. The molecule has 1 aromatic carbocycles. The summed E-state index contributed by atoms with van der Waals surface area (Å²) in [5.41, 5.74) is -0.113. The minimum absolute atomic E-state index is 0.142. The van der Waals surface area contributed by atoms with Gasteiger partial charge in [0.2, 0.25) is 10.9 Å². The first-order valence-electron chi connectivity index (χ1n) is 7.29. The van der Waals surface area contributed by atoms with E-state index >= 15 is 0 Å². The number of ether oxygens (including phenoxy) is 1. The number of thiol groups is 1. The van der Waals surface area contributed by atoms with Gasteiger partial charge < -0.3 is 4.74 Å². The number of methoxy groups -OCH3 is 1. The van der Waals surface area contributed by atoms with Crippen molar-refractivity contribution in [3.8, 4) is 0 Å². The molecule has 0 atom stereocenters. The molecule has 26 heavy (non-hydrogen) atoms. The van der Waals surface area contributed by atoms with Crippen LogP contribution < -0.4 is 0 Å². The van der Waals surface area contributed by atoms with Crippen LogP contribution in [0.25, 0.3) is 0 Å². The fraction of sp³-hybridized carbons (Fsp3) is 0.250. The lowest BCUT2D eigenvalue weighted by Gasteiger charge is -2.16. The quantitative estimate of drug-likeness (QED) is 0.608. The largest absolute Gasteiger partial charge is 0.465 e. The van der Waals surface area contributed by atoms with Gasteiger partial charge in [-0.15, -0.1) is 0 Å². The molecule has 2 rings (SSSR count). The van der Waals surface area contributed by atoms with Crippen molar-refractivity contribution < 1.29 is 31.1 Å². The minimum atomic E-state index is -4.51. The van der Waals surface area contributed by atoms with Gasteiger partial charge in [0.05, 0.1) is 30.5 Å². The van der Waals surface area contributed by atoms with E-state index in [1.54, 1.807) is 0 Å². The second-order valence-electron chi connectivity index (χ2n) is 5.29. The first kappa shape index (κ1) is 19.9. The average Bonchev–Trinajstić information content (AvgIpc) is 2.60. The van der Waals surface area contributed by atoms with Crippen LogP contribution in [0.5, 0.6) is 0 Å². The molecule has 140 valence electrons. The molecule has 10 heteroatoms. The van der Waals surface area contributed by atoms with Gasteiger partial charge in [-0.05, 0) is 23.8 Å².